The number of urea groups is 1. The number of hydrogen-bond acceptors (Lipinski definition) is 5. The molecule has 0 saturated heterocycles. The number of carbonyl (C=O) groups is 1. The maximum Gasteiger partial charge on any atom is 0.573 e. The highest BCUT2D eigenvalue weighted by Gasteiger charge is 2.43. The third-order valence-corrected chi connectivity index (χ3v) is 4.87. The Hall–Kier alpha value is -3.96. The molecule has 12 heteroatoms. The van der Waals surface area contributed by atoms with Crippen LogP contribution in [0.2, 0.25) is 0 Å². The SMILES string of the molecule is O=C(Nc1ccc(F)nc1)N[C@]1(c2ccc(OC(F)(F)F)c(F)c2)CCOc2cccnc21. The minimum Gasteiger partial charge on any atom is -0.491 e. The number of rotatable bonds is 4. The maximum atomic E-state index is 14.6. The van der Waals surface area contributed by atoms with Crippen LogP contribution in [0.25, 0.3) is 0 Å². The topological polar surface area (TPSA) is 85.4 Å². The van der Waals surface area contributed by atoms with E-state index in [0.717, 1.165) is 24.4 Å². The summed E-state index contributed by atoms with van der Waals surface area (Å²) in [7, 11) is 0. The molecule has 1 aliphatic heterocycles. The molecule has 7 nitrogen and oxygen atoms in total. The van der Waals surface area contributed by atoms with E-state index in [2.05, 4.69) is 25.3 Å². The number of hydrogen-bond donors (Lipinski definition) is 2. The molecule has 1 aliphatic rings. The number of benzene rings is 1. The molecule has 1 aromatic carbocycles. The number of pyridine rings is 2. The molecule has 33 heavy (non-hydrogen) atoms. The molecule has 1 atom stereocenters. The first-order valence-electron chi connectivity index (χ1n) is 9.51. The molecule has 2 aromatic heterocycles. The lowest BCUT2D eigenvalue weighted by Crippen LogP contribution is -2.51. The number of fused-ring (bicyclic) bond motifs is 1. The van der Waals surface area contributed by atoms with Crippen LogP contribution in [0.3, 0.4) is 0 Å². The van der Waals surface area contributed by atoms with Crippen LogP contribution < -0.4 is 20.1 Å². The van der Waals surface area contributed by atoms with Crippen molar-refractivity contribution in [1.82, 2.24) is 15.3 Å². The van der Waals surface area contributed by atoms with E-state index in [1.54, 1.807) is 12.1 Å². The van der Waals surface area contributed by atoms with Crippen molar-refractivity contribution in [2.24, 2.45) is 0 Å². The largest absolute Gasteiger partial charge is 0.573 e. The van der Waals surface area contributed by atoms with E-state index in [4.69, 9.17) is 4.74 Å². The minimum absolute atomic E-state index is 0.0883. The molecule has 0 unspecified atom stereocenters. The van der Waals surface area contributed by atoms with Crippen molar-refractivity contribution in [1.29, 1.82) is 0 Å². The molecule has 0 radical (unpaired) electrons. The van der Waals surface area contributed by atoms with Gasteiger partial charge in [-0.25, -0.2) is 14.2 Å². The van der Waals surface area contributed by atoms with Crippen LogP contribution in [0.4, 0.5) is 32.4 Å². The zero-order chi connectivity index (χ0) is 23.6. The number of halogens is 5. The number of alkyl halides is 3. The second-order valence-electron chi connectivity index (χ2n) is 7.00. The average molecular weight is 466 g/mol. The molecule has 3 aromatic rings. The van der Waals surface area contributed by atoms with Gasteiger partial charge in [-0.1, -0.05) is 6.07 Å². The van der Waals surface area contributed by atoms with Gasteiger partial charge in [-0.15, -0.1) is 13.2 Å². The fourth-order valence-corrected chi connectivity index (χ4v) is 3.51. The first-order valence-corrected chi connectivity index (χ1v) is 9.51. The van der Waals surface area contributed by atoms with Gasteiger partial charge in [0, 0.05) is 12.6 Å². The summed E-state index contributed by atoms with van der Waals surface area (Å²) in [5.74, 6) is -2.73. The van der Waals surface area contributed by atoms with Crippen LogP contribution in [0.5, 0.6) is 11.5 Å². The Bertz CT molecular complexity index is 1170. The fraction of sp³-hybridized carbons (Fsp3) is 0.190. The third kappa shape index (κ3) is 4.78. The average Bonchev–Trinajstić information content (AvgIpc) is 2.76. The van der Waals surface area contributed by atoms with Crippen molar-refractivity contribution in [2.45, 2.75) is 18.3 Å². The van der Waals surface area contributed by atoms with E-state index in [9.17, 15) is 26.7 Å². The molecule has 0 bridgehead atoms. The van der Waals surface area contributed by atoms with Gasteiger partial charge < -0.3 is 20.1 Å². The van der Waals surface area contributed by atoms with Crippen LogP contribution in [0, 0.1) is 11.8 Å². The number of anilines is 1. The highest BCUT2D eigenvalue weighted by molar-refractivity contribution is 5.90. The standard InChI is InChI=1S/C21H15F5N4O3/c22-14-10-12(3-5-15(14)33-21(24,25)26)20(7-9-32-16-2-1-8-27-18(16)20)30-19(31)29-13-4-6-17(23)28-11-13/h1-6,8,10-11H,7,9H2,(H2,29,30,31)/t20-/m0/s1. The molecule has 4 rings (SSSR count). The summed E-state index contributed by atoms with van der Waals surface area (Å²) >= 11 is 0. The first-order chi connectivity index (χ1) is 15.7. The highest BCUT2D eigenvalue weighted by atomic mass is 19.4. The normalized spacial score (nSPS) is 17.5. The Morgan fingerprint density at radius 1 is 1.12 bits per heavy atom. The lowest BCUT2D eigenvalue weighted by atomic mass is 9.81. The van der Waals surface area contributed by atoms with Crippen LogP contribution in [-0.4, -0.2) is 29.0 Å². The maximum absolute atomic E-state index is 14.6. The Morgan fingerprint density at radius 3 is 2.64 bits per heavy atom. The van der Waals surface area contributed by atoms with Crippen molar-refractivity contribution >= 4 is 11.7 Å². The number of nitrogens with zero attached hydrogens (tertiary/aromatic N) is 2. The van der Waals surface area contributed by atoms with Crippen molar-refractivity contribution in [3.8, 4) is 11.5 Å². The van der Waals surface area contributed by atoms with Gasteiger partial charge in [0.25, 0.3) is 0 Å². The second kappa shape index (κ2) is 8.52. The lowest BCUT2D eigenvalue weighted by Gasteiger charge is -2.39. The van der Waals surface area contributed by atoms with Gasteiger partial charge in [-0.3, -0.25) is 4.98 Å². The Labute approximate surface area is 183 Å². The van der Waals surface area contributed by atoms with Crippen molar-refractivity contribution in [3.63, 3.8) is 0 Å². The van der Waals surface area contributed by atoms with Crippen LogP contribution >= 0.6 is 0 Å². The molecule has 3 heterocycles. The number of carbonyl (C=O) groups excluding carboxylic acids is 1. The minimum atomic E-state index is -5.08. The van der Waals surface area contributed by atoms with Crippen molar-refractivity contribution in [2.75, 3.05) is 11.9 Å². The summed E-state index contributed by atoms with van der Waals surface area (Å²) in [5, 5.41) is 5.20. The van der Waals surface area contributed by atoms with Crippen molar-refractivity contribution < 1.29 is 36.2 Å². The molecule has 0 aliphatic carbocycles. The number of nitrogens with one attached hydrogen (secondary N) is 2. The molecule has 0 saturated carbocycles. The molecule has 2 amide bonds. The molecule has 172 valence electrons. The van der Waals surface area contributed by atoms with Gasteiger partial charge in [-0.2, -0.15) is 4.39 Å². The van der Waals surface area contributed by atoms with Gasteiger partial charge in [0.05, 0.1) is 18.5 Å². The summed E-state index contributed by atoms with van der Waals surface area (Å²) in [6.45, 7) is 0.0967. The highest BCUT2D eigenvalue weighted by Crippen LogP contribution is 2.41. The predicted molar refractivity (Wildman–Crippen MR) is 105 cm³/mol. The summed E-state index contributed by atoms with van der Waals surface area (Å²) in [6.07, 6.45) is -2.46. The Kier molecular flexibility index (Phi) is 5.75. The van der Waals surface area contributed by atoms with Crippen LogP contribution in [0.1, 0.15) is 17.7 Å². The molecular weight excluding hydrogens is 451 g/mol. The third-order valence-electron chi connectivity index (χ3n) is 4.87. The second-order valence-corrected chi connectivity index (χ2v) is 7.00. The van der Waals surface area contributed by atoms with E-state index in [-0.39, 0.29) is 30.0 Å². The monoisotopic (exact) mass is 466 g/mol. The van der Waals surface area contributed by atoms with E-state index < -0.39 is 35.4 Å². The molecular formula is C21H15F5N4O3. The summed E-state index contributed by atoms with van der Waals surface area (Å²) in [4.78, 5) is 20.5. The van der Waals surface area contributed by atoms with Gasteiger partial charge >= 0.3 is 12.4 Å². The van der Waals surface area contributed by atoms with Gasteiger partial charge in [-0.05, 0) is 42.0 Å². The first kappa shape index (κ1) is 22.2. The smallest absolute Gasteiger partial charge is 0.491 e. The zero-order valence-corrected chi connectivity index (χ0v) is 16.6. The molecule has 0 spiro atoms. The fourth-order valence-electron chi connectivity index (χ4n) is 3.51. The zero-order valence-electron chi connectivity index (χ0n) is 16.6. The van der Waals surface area contributed by atoms with Crippen molar-refractivity contribution in [3.05, 3.63) is 77.9 Å². The number of ether oxygens (including phenoxy) is 2. The van der Waals surface area contributed by atoms with E-state index in [0.29, 0.717) is 5.75 Å². The summed E-state index contributed by atoms with van der Waals surface area (Å²) in [6, 6.07) is 7.62. The van der Waals surface area contributed by atoms with Gasteiger partial charge in [0.15, 0.2) is 11.6 Å². The molecule has 0 fully saturated rings. The summed E-state index contributed by atoms with van der Waals surface area (Å²) in [5.41, 5.74) is -0.931. The Morgan fingerprint density at radius 2 is 1.94 bits per heavy atom. The molecule has 2 N–H and O–H groups in total. The lowest BCUT2D eigenvalue weighted by molar-refractivity contribution is -0.275. The van der Waals surface area contributed by atoms with E-state index >= 15 is 0 Å². The number of amides is 2. The number of aromatic nitrogens is 2. The quantitative estimate of drug-likeness (QED) is 0.437. The van der Waals surface area contributed by atoms with Gasteiger partial charge in [0.1, 0.15) is 17.0 Å². The van der Waals surface area contributed by atoms with Crippen LogP contribution in [0.15, 0.2) is 54.9 Å². The van der Waals surface area contributed by atoms with Crippen LogP contribution in [-0.2, 0) is 5.54 Å². The predicted octanol–water partition coefficient (Wildman–Crippen LogP) is 4.50. The summed E-state index contributed by atoms with van der Waals surface area (Å²) < 4.78 is 74.5. The van der Waals surface area contributed by atoms with E-state index in [1.165, 1.54) is 18.3 Å². The van der Waals surface area contributed by atoms with Gasteiger partial charge in [0.2, 0.25) is 5.95 Å². The van der Waals surface area contributed by atoms with E-state index in [1.807, 2.05) is 0 Å². The Balaban J connectivity index is 1.73.